The molecule has 0 aliphatic heterocycles. The van der Waals surface area contributed by atoms with Crippen molar-refractivity contribution in [1.29, 1.82) is 0 Å². The van der Waals surface area contributed by atoms with Crippen molar-refractivity contribution in [2.24, 2.45) is 0 Å². The molecule has 1 aliphatic carbocycles. The predicted octanol–water partition coefficient (Wildman–Crippen LogP) is 4.56. The molecule has 0 unspecified atom stereocenters. The molecule has 0 spiro atoms. The van der Waals surface area contributed by atoms with Gasteiger partial charge in [0.2, 0.25) is 5.91 Å². The van der Waals surface area contributed by atoms with Crippen LogP contribution >= 0.6 is 0 Å². The Morgan fingerprint density at radius 2 is 2.09 bits per heavy atom. The van der Waals surface area contributed by atoms with Gasteiger partial charge in [0.1, 0.15) is 11.5 Å². The van der Waals surface area contributed by atoms with Gasteiger partial charge in [-0.05, 0) is 62.9 Å². The Hall–Kier alpha value is -2.49. The first kappa shape index (κ1) is 15.4. The first-order valence-corrected chi connectivity index (χ1v) is 8.01. The molecule has 23 heavy (non-hydrogen) atoms. The largest absolute Gasteiger partial charge is 0.490 e. The topological polar surface area (TPSA) is 51.5 Å². The maximum atomic E-state index is 12.0. The SMILES string of the molecule is Cc1c(NC(=O)C=Cc2ccco2)cccc1OC1CCCC1. The molecule has 1 fully saturated rings. The number of amides is 1. The van der Waals surface area contributed by atoms with Gasteiger partial charge in [-0.25, -0.2) is 0 Å². The summed E-state index contributed by atoms with van der Waals surface area (Å²) in [4.78, 5) is 12.0. The van der Waals surface area contributed by atoms with E-state index < -0.39 is 0 Å². The standard InChI is InChI=1S/C19H21NO3/c1-14-17(20-19(21)12-11-15-8-5-13-22-15)9-4-10-18(14)23-16-6-2-3-7-16/h4-5,8-13,16H,2-3,6-7H2,1H3,(H,20,21). The highest BCUT2D eigenvalue weighted by molar-refractivity contribution is 6.02. The van der Waals surface area contributed by atoms with Crippen molar-refractivity contribution >= 4 is 17.7 Å². The van der Waals surface area contributed by atoms with Crippen LogP contribution in [-0.4, -0.2) is 12.0 Å². The second-order valence-electron chi connectivity index (χ2n) is 5.79. The molecule has 0 saturated heterocycles. The molecular weight excluding hydrogens is 290 g/mol. The summed E-state index contributed by atoms with van der Waals surface area (Å²) in [6.45, 7) is 1.97. The molecule has 120 valence electrons. The number of ether oxygens (including phenoxy) is 1. The van der Waals surface area contributed by atoms with Gasteiger partial charge in [-0.2, -0.15) is 0 Å². The van der Waals surface area contributed by atoms with Crippen LogP contribution < -0.4 is 10.1 Å². The van der Waals surface area contributed by atoms with Crippen LogP contribution in [0.25, 0.3) is 6.08 Å². The van der Waals surface area contributed by atoms with E-state index in [1.165, 1.54) is 18.9 Å². The number of carbonyl (C=O) groups is 1. The highest BCUT2D eigenvalue weighted by Crippen LogP contribution is 2.30. The maximum Gasteiger partial charge on any atom is 0.248 e. The molecule has 1 N–H and O–H groups in total. The average molecular weight is 311 g/mol. The van der Waals surface area contributed by atoms with E-state index in [0.717, 1.165) is 29.8 Å². The fraction of sp³-hybridized carbons (Fsp3) is 0.316. The summed E-state index contributed by atoms with van der Waals surface area (Å²) in [6.07, 6.45) is 9.68. The third-order valence-corrected chi connectivity index (χ3v) is 4.08. The van der Waals surface area contributed by atoms with E-state index in [1.54, 1.807) is 24.5 Å². The number of hydrogen-bond acceptors (Lipinski definition) is 3. The first-order chi connectivity index (χ1) is 11.2. The summed E-state index contributed by atoms with van der Waals surface area (Å²) in [5.74, 6) is 1.31. The van der Waals surface area contributed by atoms with E-state index in [4.69, 9.17) is 9.15 Å². The first-order valence-electron chi connectivity index (χ1n) is 8.01. The summed E-state index contributed by atoms with van der Waals surface area (Å²) in [7, 11) is 0. The van der Waals surface area contributed by atoms with Gasteiger partial charge in [0.15, 0.2) is 0 Å². The lowest BCUT2D eigenvalue weighted by Gasteiger charge is -2.17. The van der Waals surface area contributed by atoms with Gasteiger partial charge in [-0.1, -0.05) is 6.07 Å². The molecule has 1 heterocycles. The van der Waals surface area contributed by atoms with Crippen molar-refractivity contribution in [2.75, 3.05) is 5.32 Å². The zero-order valence-corrected chi connectivity index (χ0v) is 13.2. The van der Waals surface area contributed by atoms with Crippen molar-refractivity contribution in [2.45, 2.75) is 38.7 Å². The number of rotatable bonds is 5. The quantitative estimate of drug-likeness (QED) is 0.823. The van der Waals surface area contributed by atoms with Gasteiger partial charge >= 0.3 is 0 Å². The Morgan fingerprint density at radius 3 is 2.83 bits per heavy atom. The van der Waals surface area contributed by atoms with Crippen molar-refractivity contribution in [3.8, 4) is 5.75 Å². The van der Waals surface area contributed by atoms with Gasteiger partial charge in [0.25, 0.3) is 0 Å². The van der Waals surface area contributed by atoms with Crippen LogP contribution in [0.3, 0.4) is 0 Å². The lowest BCUT2D eigenvalue weighted by Crippen LogP contribution is -2.13. The molecule has 4 nitrogen and oxygen atoms in total. The molecular formula is C19H21NO3. The van der Waals surface area contributed by atoms with E-state index in [0.29, 0.717) is 11.9 Å². The van der Waals surface area contributed by atoms with E-state index in [2.05, 4.69) is 5.32 Å². The Kier molecular flexibility index (Phi) is 4.81. The normalized spacial score (nSPS) is 15.2. The molecule has 1 saturated carbocycles. The molecule has 4 heteroatoms. The molecule has 1 aromatic heterocycles. The zero-order chi connectivity index (χ0) is 16.1. The molecule has 2 aromatic rings. The third-order valence-electron chi connectivity index (χ3n) is 4.08. The molecule has 0 bridgehead atoms. The minimum Gasteiger partial charge on any atom is -0.490 e. The van der Waals surface area contributed by atoms with Crippen LogP contribution in [0.2, 0.25) is 0 Å². The van der Waals surface area contributed by atoms with Gasteiger partial charge < -0.3 is 14.5 Å². The smallest absolute Gasteiger partial charge is 0.248 e. The summed E-state index contributed by atoms with van der Waals surface area (Å²) in [6, 6.07) is 9.33. The number of anilines is 1. The third kappa shape index (κ3) is 4.03. The van der Waals surface area contributed by atoms with Crippen LogP contribution in [0.1, 0.15) is 37.0 Å². The van der Waals surface area contributed by atoms with E-state index in [-0.39, 0.29) is 5.91 Å². The van der Waals surface area contributed by atoms with Gasteiger partial charge in [0, 0.05) is 17.3 Å². The predicted molar refractivity (Wildman–Crippen MR) is 90.4 cm³/mol. The summed E-state index contributed by atoms with van der Waals surface area (Å²) in [5.41, 5.74) is 1.73. The Bertz CT molecular complexity index is 683. The fourth-order valence-electron chi connectivity index (χ4n) is 2.78. The molecule has 1 aromatic carbocycles. The minimum atomic E-state index is -0.192. The summed E-state index contributed by atoms with van der Waals surface area (Å²) in [5, 5.41) is 2.89. The molecule has 0 radical (unpaired) electrons. The zero-order valence-electron chi connectivity index (χ0n) is 13.2. The van der Waals surface area contributed by atoms with Crippen molar-refractivity contribution in [3.63, 3.8) is 0 Å². The molecule has 1 aliphatic rings. The second kappa shape index (κ2) is 7.18. The number of nitrogens with one attached hydrogen (secondary N) is 1. The lowest BCUT2D eigenvalue weighted by atomic mass is 10.1. The van der Waals surface area contributed by atoms with Crippen LogP contribution in [0, 0.1) is 6.92 Å². The lowest BCUT2D eigenvalue weighted by molar-refractivity contribution is -0.111. The minimum absolute atomic E-state index is 0.192. The average Bonchev–Trinajstić information content (AvgIpc) is 3.23. The van der Waals surface area contributed by atoms with Gasteiger partial charge in [0.05, 0.1) is 12.4 Å². The Morgan fingerprint density at radius 1 is 1.26 bits per heavy atom. The van der Waals surface area contributed by atoms with Crippen molar-refractivity contribution < 1.29 is 13.9 Å². The monoisotopic (exact) mass is 311 g/mol. The van der Waals surface area contributed by atoms with Crippen molar-refractivity contribution in [1.82, 2.24) is 0 Å². The summed E-state index contributed by atoms with van der Waals surface area (Å²) < 4.78 is 11.2. The molecule has 1 amide bonds. The highest BCUT2D eigenvalue weighted by Gasteiger charge is 2.18. The van der Waals surface area contributed by atoms with Gasteiger partial charge in [-0.15, -0.1) is 0 Å². The Balaban J connectivity index is 1.66. The number of carbonyl (C=O) groups excluding carboxylic acids is 1. The van der Waals surface area contributed by atoms with Crippen LogP contribution in [0.4, 0.5) is 5.69 Å². The number of benzene rings is 1. The van der Waals surface area contributed by atoms with E-state index >= 15 is 0 Å². The van der Waals surface area contributed by atoms with Crippen LogP contribution in [0.15, 0.2) is 47.1 Å². The van der Waals surface area contributed by atoms with Crippen molar-refractivity contribution in [3.05, 3.63) is 54.0 Å². The second-order valence-corrected chi connectivity index (χ2v) is 5.79. The maximum absolute atomic E-state index is 12.0. The van der Waals surface area contributed by atoms with Gasteiger partial charge in [-0.3, -0.25) is 4.79 Å². The summed E-state index contributed by atoms with van der Waals surface area (Å²) >= 11 is 0. The van der Waals surface area contributed by atoms with E-state index in [9.17, 15) is 4.79 Å². The molecule has 0 atom stereocenters. The fourth-order valence-corrected chi connectivity index (χ4v) is 2.78. The number of hydrogen-bond donors (Lipinski definition) is 1. The molecule has 3 rings (SSSR count). The van der Waals surface area contributed by atoms with E-state index in [1.807, 2.05) is 25.1 Å². The van der Waals surface area contributed by atoms with Crippen LogP contribution in [-0.2, 0) is 4.79 Å². The van der Waals surface area contributed by atoms with Crippen LogP contribution in [0.5, 0.6) is 5.75 Å². The Labute approximate surface area is 136 Å². The number of furan rings is 1. The highest BCUT2D eigenvalue weighted by atomic mass is 16.5.